The first kappa shape index (κ1) is 26.8. The lowest BCUT2D eigenvalue weighted by Crippen LogP contribution is -2.81. The maximum Gasteiger partial charge on any atom is 0.303 e. The lowest BCUT2D eigenvalue weighted by Gasteiger charge is -2.64. The summed E-state index contributed by atoms with van der Waals surface area (Å²) in [5.41, 5.74) is -0.506. The summed E-state index contributed by atoms with van der Waals surface area (Å²) in [4.78, 5) is 30.4. The Morgan fingerprint density at radius 3 is 2.60 bits per heavy atom. The molecule has 40 heavy (non-hydrogen) atoms. The van der Waals surface area contributed by atoms with Gasteiger partial charge < -0.3 is 24.8 Å². The first-order chi connectivity index (χ1) is 19.1. The first-order valence-corrected chi connectivity index (χ1v) is 13.9. The van der Waals surface area contributed by atoms with Crippen LogP contribution in [0.1, 0.15) is 42.6 Å². The fourth-order valence-corrected chi connectivity index (χ4v) is 8.57. The van der Waals surface area contributed by atoms with Gasteiger partial charge in [-0.2, -0.15) is 0 Å². The van der Waals surface area contributed by atoms with E-state index < -0.39 is 46.3 Å². The normalized spacial score (nSPS) is 33.6. The number of hydrogen-bond acceptors (Lipinski definition) is 7. The summed E-state index contributed by atoms with van der Waals surface area (Å²) in [5, 5.41) is 15.9. The van der Waals surface area contributed by atoms with E-state index in [0.717, 1.165) is 30.8 Å². The van der Waals surface area contributed by atoms with Crippen LogP contribution in [-0.4, -0.2) is 79.5 Å². The predicted octanol–water partition coefficient (Wildman–Crippen LogP) is 3.04. The van der Waals surface area contributed by atoms with Gasteiger partial charge in [0.25, 0.3) is 5.91 Å². The molecule has 2 aromatic carbocycles. The van der Waals surface area contributed by atoms with Crippen LogP contribution in [-0.2, 0) is 14.9 Å². The summed E-state index contributed by atoms with van der Waals surface area (Å²) < 4.78 is 25.2. The zero-order valence-corrected chi connectivity index (χ0v) is 23.3. The molecule has 1 saturated carbocycles. The van der Waals surface area contributed by atoms with Crippen molar-refractivity contribution >= 4 is 17.6 Å². The Morgan fingerprint density at radius 1 is 1.18 bits per heavy atom. The summed E-state index contributed by atoms with van der Waals surface area (Å²) in [6, 6.07) is 10.8. The van der Waals surface area contributed by atoms with Gasteiger partial charge in [-0.05, 0) is 55.3 Å². The number of benzene rings is 2. The lowest BCUT2D eigenvalue weighted by atomic mass is 9.47. The highest BCUT2D eigenvalue weighted by Gasteiger charge is 2.77. The molecule has 2 aromatic rings. The van der Waals surface area contributed by atoms with E-state index in [4.69, 9.17) is 9.47 Å². The van der Waals surface area contributed by atoms with Gasteiger partial charge in [-0.1, -0.05) is 25.1 Å². The zero-order valence-electron chi connectivity index (χ0n) is 23.3. The number of ether oxygens (including phenoxy) is 2. The highest BCUT2D eigenvalue weighted by molar-refractivity contribution is 5.94. The molecule has 8 nitrogen and oxygen atoms in total. The van der Waals surface area contributed by atoms with Crippen molar-refractivity contribution in [3.63, 3.8) is 0 Å². The van der Waals surface area contributed by atoms with Gasteiger partial charge >= 0.3 is 5.97 Å². The number of carbonyl (C=O) groups is 2. The summed E-state index contributed by atoms with van der Waals surface area (Å²) in [6.07, 6.45) is 4.74. The van der Waals surface area contributed by atoms with Crippen molar-refractivity contribution in [3.05, 3.63) is 71.6 Å². The maximum absolute atomic E-state index is 13.5. The molecule has 3 heterocycles. The van der Waals surface area contributed by atoms with Crippen LogP contribution in [0.15, 0.2) is 54.6 Å². The molecule has 9 heteroatoms. The third-order valence-electron chi connectivity index (χ3n) is 9.85. The highest BCUT2D eigenvalue weighted by Crippen LogP contribution is 2.67. The molecule has 1 aliphatic carbocycles. The number of carbonyl (C=O) groups excluding carboxylic acids is 2. The van der Waals surface area contributed by atoms with Crippen LogP contribution < -0.4 is 15.0 Å². The van der Waals surface area contributed by atoms with Crippen molar-refractivity contribution in [2.24, 2.45) is 5.41 Å². The molecule has 2 unspecified atom stereocenters. The number of methoxy groups -OCH3 is 1. The molecule has 0 radical (unpaired) electrons. The van der Waals surface area contributed by atoms with Crippen molar-refractivity contribution < 1.29 is 28.6 Å². The molecule has 3 aliphatic heterocycles. The third kappa shape index (κ3) is 3.50. The van der Waals surface area contributed by atoms with Crippen molar-refractivity contribution in [2.75, 3.05) is 38.7 Å². The summed E-state index contributed by atoms with van der Waals surface area (Å²) >= 11 is 0. The van der Waals surface area contributed by atoms with Crippen LogP contribution in [0, 0.1) is 11.2 Å². The van der Waals surface area contributed by atoms with Crippen molar-refractivity contribution in [3.8, 4) is 5.75 Å². The van der Waals surface area contributed by atoms with E-state index in [1.165, 1.54) is 31.2 Å². The van der Waals surface area contributed by atoms with Gasteiger partial charge in [0.05, 0.1) is 19.7 Å². The van der Waals surface area contributed by atoms with Gasteiger partial charge in [-0.15, -0.1) is 0 Å². The predicted molar refractivity (Wildman–Crippen MR) is 148 cm³/mol. The molecule has 0 bridgehead atoms. The molecule has 1 amide bonds. The van der Waals surface area contributed by atoms with E-state index in [0.29, 0.717) is 12.2 Å². The Hall–Kier alpha value is -3.43. The molecule has 1 saturated heterocycles. The summed E-state index contributed by atoms with van der Waals surface area (Å²) in [6.45, 7) is 4.88. The molecule has 1 spiro atoms. The number of nitrogens with one attached hydrogen (secondary N) is 1. The molecule has 6 atom stereocenters. The zero-order chi connectivity index (χ0) is 28.4. The summed E-state index contributed by atoms with van der Waals surface area (Å²) in [7, 11) is 3.58. The van der Waals surface area contributed by atoms with Crippen LogP contribution in [0.25, 0.3) is 0 Å². The minimum Gasteiger partial charge on any atom is -0.497 e. The van der Waals surface area contributed by atoms with Gasteiger partial charge in [0.15, 0.2) is 0 Å². The number of likely N-dealkylation sites (N-methyl/N-ethyl adjacent to an activating group) is 1. The Bertz CT molecular complexity index is 1380. The van der Waals surface area contributed by atoms with E-state index in [9.17, 15) is 19.1 Å². The minimum atomic E-state index is -1.67. The van der Waals surface area contributed by atoms with E-state index in [1.54, 1.807) is 7.11 Å². The van der Waals surface area contributed by atoms with E-state index >= 15 is 0 Å². The standard InChI is InChI=1S/C31H36FN3O5/c1-5-29-13-6-15-35-16-14-30(26(29)35)23-12-11-22(39-4)17-24(23)34(3)27(30)31(38,28(29)40-19(2)36)18-33-25(37)20-7-9-21(32)10-8-20/h6-13,17,26-28,38H,5,14-16,18H2,1-4H3,(H,33,37)/t26?,27-,28-,29-,30-,31?/m1/s1. The quantitative estimate of drug-likeness (QED) is 0.423. The summed E-state index contributed by atoms with van der Waals surface area (Å²) in [5.74, 6) is -0.655. The van der Waals surface area contributed by atoms with Gasteiger partial charge in [-0.3, -0.25) is 14.5 Å². The van der Waals surface area contributed by atoms with Gasteiger partial charge in [0, 0.05) is 54.7 Å². The average molecular weight is 550 g/mol. The Kier molecular flexibility index (Phi) is 6.23. The topological polar surface area (TPSA) is 91.3 Å². The third-order valence-corrected chi connectivity index (χ3v) is 9.85. The Balaban J connectivity index is 1.53. The fraction of sp³-hybridized carbons (Fsp3) is 0.484. The number of amides is 1. The average Bonchev–Trinajstić information content (AvgIpc) is 3.46. The van der Waals surface area contributed by atoms with Gasteiger partial charge in [0.2, 0.25) is 0 Å². The minimum absolute atomic E-state index is 0.0329. The molecule has 2 fully saturated rings. The number of nitrogens with zero attached hydrogens (tertiary/aromatic N) is 2. The molecular weight excluding hydrogens is 513 g/mol. The largest absolute Gasteiger partial charge is 0.497 e. The molecule has 212 valence electrons. The van der Waals surface area contributed by atoms with E-state index in [1.807, 2.05) is 19.2 Å². The Labute approximate surface area is 233 Å². The van der Waals surface area contributed by atoms with Gasteiger partial charge in [-0.25, -0.2) is 4.39 Å². The smallest absolute Gasteiger partial charge is 0.303 e. The second-order valence-electron chi connectivity index (χ2n) is 11.6. The number of fused-ring (bicyclic) bond motifs is 1. The van der Waals surface area contributed by atoms with E-state index in [-0.39, 0.29) is 18.2 Å². The molecule has 4 aliphatic rings. The number of hydrogen-bond donors (Lipinski definition) is 2. The lowest BCUT2D eigenvalue weighted by molar-refractivity contribution is -0.216. The number of aliphatic hydroxyl groups is 1. The molecular formula is C31H36FN3O5. The number of halogens is 1. The van der Waals surface area contributed by atoms with Crippen molar-refractivity contribution in [1.29, 1.82) is 0 Å². The van der Waals surface area contributed by atoms with Crippen LogP contribution >= 0.6 is 0 Å². The monoisotopic (exact) mass is 549 g/mol. The number of anilines is 1. The highest BCUT2D eigenvalue weighted by atomic mass is 19.1. The molecule has 2 N–H and O–H groups in total. The van der Waals surface area contributed by atoms with Crippen LogP contribution in [0.5, 0.6) is 5.75 Å². The maximum atomic E-state index is 13.5. The van der Waals surface area contributed by atoms with Crippen LogP contribution in [0.3, 0.4) is 0 Å². The second kappa shape index (κ2) is 9.31. The van der Waals surface area contributed by atoms with Crippen molar-refractivity contribution in [2.45, 2.75) is 55.9 Å². The van der Waals surface area contributed by atoms with Crippen molar-refractivity contribution in [1.82, 2.24) is 10.2 Å². The van der Waals surface area contributed by atoms with E-state index in [2.05, 4.69) is 40.3 Å². The SMILES string of the molecule is CC[C@]12C=CCN3CC[C@@]4(c5ccc(OC)cc5N(C)[C@H]4C(O)(CNC(=O)c4ccc(F)cc4)[C@@H]1OC(C)=O)C32. The van der Waals surface area contributed by atoms with Gasteiger partial charge in [0.1, 0.15) is 23.3 Å². The van der Waals surface area contributed by atoms with Crippen LogP contribution in [0.4, 0.5) is 10.1 Å². The second-order valence-corrected chi connectivity index (χ2v) is 11.6. The fourth-order valence-electron chi connectivity index (χ4n) is 8.57. The van der Waals surface area contributed by atoms with Crippen LogP contribution in [0.2, 0.25) is 0 Å². The molecule has 6 rings (SSSR count). The number of esters is 1. The molecule has 0 aromatic heterocycles. The Morgan fingerprint density at radius 2 is 1.93 bits per heavy atom. The first-order valence-electron chi connectivity index (χ1n) is 13.9. The number of rotatable bonds is 6.